The summed E-state index contributed by atoms with van der Waals surface area (Å²) < 4.78 is 2.66. The highest BCUT2D eigenvalue weighted by Gasteiger charge is 2.30. The van der Waals surface area contributed by atoms with Crippen molar-refractivity contribution < 1.29 is 4.79 Å². The standard InChI is InChI=1S/C23H20IN7O/c24-18-14-25-23(27-16-8-10-17(11-9-16)31-13-3-12-26-31)30-21(18)28-19-4-1-2-5-20(19)29-22(32)15-6-7-15/h1-5,8-15H,6-7H2,(H,29,32)(H2,25,27,28,30). The number of carbonyl (C=O) groups is 1. The minimum atomic E-state index is 0.0672. The number of rotatable bonds is 7. The zero-order valence-corrected chi connectivity index (χ0v) is 19.2. The maximum Gasteiger partial charge on any atom is 0.229 e. The van der Waals surface area contributed by atoms with Crippen molar-refractivity contribution in [3.63, 3.8) is 0 Å². The number of halogens is 1. The highest BCUT2D eigenvalue weighted by atomic mass is 127. The Bertz CT molecular complexity index is 1240. The number of hydrogen-bond acceptors (Lipinski definition) is 6. The van der Waals surface area contributed by atoms with Gasteiger partial charge in [0.15, 0.2) is 0 Å². The van der Waals surface area contributed by atoms with Gasteiger partial charge < -0.3 is 16.0 Å². The van der Waals surface area contributed by atoms with Crippen LogP contribution in [0.1, 0.15) is 12.8 Å². The van der Waals surface area contributed by atoms with E-state index >= 15 is 0 Å². The summed E-state index contributed by atoms with van der Waals surface area (Å²) in [6.07, 6.45) is 7.32. The normalized spacial score (nSPS) is 12.9. The van der Waals surface area contributed by atoms with Gasteiger partial charge in [-0.15, -0.1) is 0 Å². The van der Waals surface area contributed by atoms with Crippen LogP contribution in [0.15, 0.2) is 73.2 Å². The Morgan fingerprint density at radius 3 is 2.50 bits per heavy atom. The summed E-state index contributed by atoms with van der Waals surface area (Å²) in [5.41, 5.74) is 3.36. The van der Waals surface area contributed by atoms with E-state index in [4.69, 9.17) is 0 Å². The van der Waals surface area contributed by atoms with Crippen LogP contribution in [0, 0.1) is 9.49 Å². The van der Waals surface area contributed by atoms with E-state index in [2.05, 4.69) is 53.6 Å². The third-order valence-electron chi connectivity index (χ3n) is 5.02. The molecular formula is C23H20IN7O. The molecule has 1 amide bonds. The Morgan fingerprint density at radius 2 is 1.78 bits per heavy atom. The number of para-hydroxylation sites is 2. The molecule has 160 valence electrons. The van der Waals surface area contributed by atoms with Crippen LogP contribution < -0.4 is 16.0 Å². The average molecular weight is 537 g/mol. The molecule has 1 aliphatic rings. The molecule has 8 nitrogen and oxygen atoms in total. The van der Waals surface area contributed by atoms with Crippen LogP contribution >= 0.6 is 22.6 Å². The number of amides is 1. The maximum absolute atomic E-state index is 12.2. The Balaban J connectivity index is 1.33. The van der Waals surface area contributed by atoms with Gasteiger partial charge in [-0.25, -0.2) is 9.67 Å². The first-order chi connectivity index (χ1) is 15.7. The van der Waals surface area contributed by atoms with Gasteiger partial charge in [0, 0.05) is 30.2 Å². The molecule has 1 fully saturated rings. The van der Waals surface area contributed by atoms with Crippen molar-refractivity contribution in [1.29, 1.82) is 0 Å². The van der Waals surface area contributed by atoms with E-state index in [1.165, 1.54) is 0 Å². The highest BCUT2D eigenvalue weighted by molar-refractivity contribution is 14.1. The second-order valence-corrected chi connectivity index (χ2v) is 8.61. The quantitative estimate of drug-likeness (QED) is 0.284. The minimum absolute atomic E-state index is 0.0672. The summed E-state index contributed by atoms with van der Waals surface area (Å²) in [6, 6.07) is 17.4. The molecule has 2 heterocycles. The lowest BCUT2D eigenvalue weighted by Gasteiger charge is -2.14. The molecule has 0 atom stereocenters. The molecule has 2 aromatic carbocycles. The fourth-order valence-electron chi connectivity index (χ4n) is 3.17. The maximum atomic E-state index is 12.2. The van der Waals surface area contributed by atoms with Gasteiger partial charge in [-0.3, -0.25) is 4.79 Å². The smallest absolute Gasteiger partial charge is 0.229 e. The van der Waals surface area contributed by atoms with Gasteiger partial charge in [0.05, 0.1) is 20.6 Å². The van der Waals surface area contributed by atoms with Crippen LogP contribution in [-0.4, -0.2) is 25.7 Å². The number of hydrogen-bond donors (Lipinski definition) is 3. The first-order valence-corrected chi connectivity index (χ1v) is 11.3. The predicted molar refractivity (Wildman–Crippen MR) is 133 cm³/mol. The molecule has 4 aromatic rings. The molecule has 0 unspecified atom stereocenters. The number of aromatic nitrogens is 4. The molecule has 2 aromatic heterocycles. The number of anilines is 5. The lowest BCUT2D eigenvalue weighted by Crippen LogP contribution is -2.14. The van der Waals surface area contributed by atoms with Gasteiger partial charge in [0.2, 0.25) is 11.9 Å². The molecule has 0 radical (unpaired) electrons. The molecule has 3 N–H and O–H groups in total. The molecule has 1 saturated carbocycles. The first kappa shape index (κ1) is 20.4. The second-order valence-electron chi connectivity index (χ2n) is 7.45. The van der Waals surface area contributed by atoms with Crippen LogP contribution in [-0.2, 0) is 4.79 Å². The highest BCUT2D eigenvalue weighted by Crippen LogP contribution is 2.33. The van der Waals surface area contributed by atoms with Gasteiger partial charge in [0.1, 0.15) is 5.82 Å². The van der Waals surface area contributed by atoms with Crippen molar-refractivity contribution in [2.75, 3.05) is 16.0 Å². The summed E-state index contributed by atoms with van der Waals surface area (Å²) in [5.74, 6) is 1.33. The topological polar surface area (TPSA) is 96.8 Å². The van der Waals surface area contributed by atoms with Crippen molar-refractivity contribution in [3.8, 4) is 5.69 Å². The number of nitrogens with zero attached hydrogens (tertiary/aromatic N) is 4. The van der Waals surface area contributed by atoms with Gasteiger partial charge in [-0.2, -0.15) is 10.1 Å². The van der Waals surface area contributed by atoms with Gasteiger partial charge in [-0.05, 0) is 77.9 Å². The fourth-order valence-corrected chi connectivity index (χ4v) is 3.57. The Kier molecular flexibility index (Phi) is 5.71. The van der Waals surface area contributed by atoms with Crippen LogP contribution in [0.3, 0.4) is 0 Å². The van der Waals surface area contributed by atoms with Gasteiger partial charge in [0.25, 0.3) is 0 Å². The Hall–Kier alpha value is -3.47. The monoisotopic (exact) mass is 537 g/mol. The second kappa shape index (κ2) is 8.95. The summed E-state index contributed by atoms with van der Waals surface area (Å²) in [7, 11) is 0. The van der Waals surface area contributed by atoms with Crippen molar-refractivity contribution in [3.05, 3.63) is 76.8 Å². The summed E-state index contributed by atoms with van der Waals surface area (Å²) in [4.78, 5) is 21.2. The molecule has 9 heteroatoms. The SMILES string of the molecule is O=C(Nc1ccccc1Nc1nc(Nc2ccc(-n3cccn3)cc2)ncc1I)C1CC1. The molecule has 32 heavy (non-hydrogen) atoms. The van der Waals surface area contributed by atoms with Crippen LogP contribution in [0.25, 0.3) is 5.69 Å². The molecule has 0 bridgehead atoms. The summed E-state index contributed by atoms with van der Waals surface area (Å²) >= 11 is 2.19. The van der Waals surface area contributed by atoms with Crippen LogP contribution in [0.4, 0.5) is 28.8 Å². The van der Waals surface area contributed by atoms with E-state index in [1.807, 2.05) is 60.8 Å². The number of carbonyl (C=O) groups excluding carboxylic acids is 1. The van der Waals surface area contributed by atoms with Crippen molar-refractivity contribution in [2.45, 2.75) is 12.8 Å². The van der Waals surface area contributed by atoms with E-state index in [0.717, 1.165) is 39.2 Å². The molecule has 0 saturated heterocycles. The van der Waals surface area contributed by atoms with E-state index in [9.17, 15) is 4.79 Å². The van der Waals surface area contributed by atoms with Crippen molar-refractivity contribution in [2.24, 2.45) is 5.92 Å². The third kappa shape index (κ3) is 4.72. The largest absolute Gasteiger partial charge is 0.337 e. The zero-order chi connectivity index (χ0) is 21.9. The molecule has 0 spiro atoms. The van der Waals surface area contributed by atoms with Crippen molar-refractivity contribution in [1.82, 2.24) is 19.7 Å². The summed E-state index contributed by atoms with van der Waals surface area (Å²) in [5, 5.41) is 13.8. The molecule has 1 aliphatic carbocycles. The third-order valence-corrected chi connectivity index (χ3v) is 5.81. The first-order valence-electron chi connectivity index (χ1n) is 10.2. The van der Waals surface area contributed by atoms with E-state index in [1.54, 1.807) is 17.1 Å². The fraction of sp³-hybridized carbons (Fsp3) is 0.130. The van der Waals surface area contributed by atoms with Crippen LogP contribution in [0.2, 0.25) is 0 Å². The van der Waals surface area contributed by atoms with Gasteiger partial charge in [-0.1, -0.05) is 12.1 Å². The van der Waals surface area contributed by atoms with Crippen LogP contribution in [0.5, 0.6) is 0 Å². The Labute approximate surface area is 198 Å². The summed E-state index contributed by atoms with van der Waals surface area (Å²) in [6.45, 7) is 0. The van der Waals surface area contributed by atoms with Crippen molar-refractivity contribution >= 4 is 57.3 Å². The predicted octanol–water partition coefficient (Wildman–Crippen LogP) is 5.10. The number of benzene rings is 2. The number of nitrogens with one attached hydrogen (secondary N) is 3. The van der Waals surface area contributed by atoms with E-state index in [-0.39, 0.29) is 11.8 Å². The van der Waals surface area contributed by atoms with E-state index in [0.29, 0.717) is 11.8 Å². The molecular weight excluding hydrogens is 517 g/mol. The molecule has 5 rings (SSSR count). The van der Waals surface area contributed by atoms with E-state index < -0.39 is 0 Å². The average Bonchev–Trinajstić information content (AvgIpc) is 3.52. The Morgan fingerprint density at radius 1 is 1.00 bits per heavy atom. The zero-order valence-electron chi connectivity index (χ0n) is 17.0. The lowest BCUT2D eigenvalue weighted by atomic mass is 10.2. The molecule has 0 aliphatic heterocycles. The van der Waals surface area contributed by atoms with Gasteiger partial charge >= 0.3 is 0 Å². The lowest BCUT2D eigenvalue weighted by molar-refractivity contribution is -0.117. The minimum Gasteiger partial charge on any atom is -0.337 e.